The van der Waals surface area contributed by atoms with Crippen molar-refractivity contribution in [2.24, 2.45) is 5.92 Å². The molecular formula is C31H40BClN4O5S. The van der Waals surface area contributed by atoms with Crippen LogP contribution in [-0.2, 0) is 20.6 Å². The summed E-state index contributed by atoms with van der Waals surface area (Å²) in [5, 5.41) is 1.78. The van der Waals surface area contributed by atoms with Crippen LogP contribution >= 0.6 is 23.4 Å². The van der Waals surface area contributed by atoms with Gasteiger partial charge in [0.25, 0.3) is 5.56 Å². The van der Waals surface area contributed by atoms with Crippen molar-refractivity contribution < 1.29 is 18.8 Å². The average Bonchev–Trinajstić information content (AvgIpc) is 3.15. The Morgan fingerprint density at radius 2 is 1.77 bits per heavy atom. The number of rotatable bonds is 5. The Bertz CT molecular complexity index is 1580. The number of likely N-dealkylation sites (tertiary alicyclic amines) is 1. The molecule has 0 aliphatic carbocycles. The van der Waals surface area contributed by atoms with Crippen molar-refractivity contribution in [3.05, 3.63) is 45.8 Å². The quantitative estimate of drug-likeness (QED) is 0.200. The molecule has 5 rings (SSSR count). The second-order valence-corrected chi connectivity index (χ2v) is 14.5. The van der Waals surface area contributed by atoms with E-state index in [-0.39, 0.29) is 17.6 Å². The van der Waals surface area contributed by atoms with E-state index >= 15 is 0 Å². The summed E-state index contributed by atoms with van der Waals surface area (Å²) < 4.78 is 19.7. The Kier molecular flexibility index (Phi) is 8.68. The monoisotopic (exact) mass is 626 g/mol. The minimum Gasteiger partial charge on any atom is -0.444 e. The molecule has 0 bridgehead atoms. The van der Waals surface area contributed by atoms with Crippen molar-refractivity contribution in [2.75, 3.05) is 19.3 Å². The van der Waals surface area contributed by atoms with Crippen molar-refractivity contribution in [1.82, 2.24) is 19.4 Å². The minimum atomic E-state index is -0.560. The lowest BCUT2D eigenvalue weighted by Crippen LogP contribution is -2.42. The Balaban J connectivity index is 1.45. The minimum absolute atomic E-state index is 0.168. The van der Waals surface area contributed by atoms with E-state index in [0.29, 0.717) is 46.6 Å². The van der Waals surface area contributed by atoms with Crippen LogP contribution in [0.15, 0.2) is 40.4 Å². The van der Waals surface area contributed by atoms with Gasteiger partial charge in [-0.3, -0.25) is 9.36 Å². The maximum Gasteiger partial charge on any atom is 0.494 e. The molecule has 0 saturated carbocycles. The van der Waals surface area contributed by atoms with Gasteiger partial charge in [-0.25, -0.2) is 14.8 Å². The second-order valence-electron chi connectivity index (χ2n) is 13.3. The zero-order valence-electron chi connectivity index (χ0n) is 26.2. The molecule has 230 valence electrons. The lowest BCUT2D eigenvalue weighted by atomic mass is 9.78. The van der Waals surface area contributed by atoms with Crippen molar-refractivity contribution in [2.45, 2.75) is 89.8 Å². The molecule has 2 fully saturated rings. The zero-order chi connectivity index (χ0) is 31.3. The van der Waals surface area contributed by atoms with Crippen LogP contribution in [-0.4, -0.2) is 68.8 Å². The third-order valence-corrected chi connectivity index (χ3v) is 9.38. The van der Waals surface area contributed by atoms with Gasteiger partial charge in [0, 0.05) is 47.4 Å². The highest BCUT2D eigenvalue weighted by Crippen LogP contribution is 2.37. The van der Waals surface area contributed by atoms with Crippen LogP contribution in [0.4, 0.5) is 4.79 Å². The lowest BCUT2D eigenvalue weighted by molar-refractivity contribution is 0.00578. The van der Waals surface area contributed by atoms with Gasteiger partial charge in [0.2, 0.25) is 0 Å². The van der Waals surface area contributed by atoms with E-state index in [2.05, 4.69) is 4.98 Å². The third kappa shape index (κ3) is 6.60. The van der Waals surface area contributed by atoms with Crippen LogP contribution in [0.1, 0.15) is 61.3 Å². The highest BCUT2D eigenvalue weighted by atomic mass is 35.5. The van der Waals surface area contributed by atoms with Crippen molar-refractivity contribution in [1.29, 1.82) is 0 Å². The van der Waals surface area contributed by atoms with E-state index in [0.717, 1.165) is 23.7 Å². The molecule has 0 radical (unpaired) electrons. The third-order valence-electron chi connectivity index (χ3n) is 8.50. The summed E-state index contributed by atoms with van der Waals surface area (Å²) in [6.45, 7) is 15.2. The lowest BCUT2D eigenvalue weighted by Gasteiger charge is -2.33. The fraction of sp³-hybridized carbons (Fsp3) is 0.548. The number of fused-ring (bicyclic) bond motifs is 1. The molecule has 4 heterocycles. The first-order chi connectivity index (χ1) is 20.1. The van der Waals surface area contributed by atoms with Gasteiger partial charge in [-0.05, 0) is 91.1 Å². The maximum absolute atomic E-state index is 14.2. The van der Waals surface area contributed by atoms with Gasteiger partial charge in [-0.1, -0.05) is 35.5 Å². The summed E-state index contributed by atoms with van der Waals surface area (Å²) in [4.78, 5) is 37.7. The number of pyridine rings is 1. The molecule has 3 aromatic rings. The molecule has 0 unspecified atom stereocenters. The van der Waals surface area contributed by atoms with Gasteiger partial charge < -0.3 is 18.9 Å². The van der Waals surface area contributed by atoms with Crippen LogP contribution in [0, 0.1) is 5.92 Å². The van der Waals surface area contributed by atoms with Crippen LogP contribution < -0.4 is 11.0 Å². The van der Waals surface area contributed by atoms with Crippen LogP contribution in [0.2, 0.25) is 5.02 Å². The van der Waals surface area contributed by atoms with Crippen molar-refractivity contribution in [3.63, 3.8) is 0 Å². The van der Waals surface area contributed by atoms with Gasteiger partial charge in [-0.15, -0.1) is 0 Å². The molecule has 0 atom stereocenters. The topological polar surface area (TPSA) is 95.8 Å². The van der Waals surface area contributed by atoms with Gasteiger partial charge in [0.05, 0.1) is 11.2 Å². The normalized spacial score (nSPS) is 18.8. The molecule has 2 aliphatic heterocycles. The zero-order valence-corrected chi connectivity index (χ0v) is 27.8. The summed E-state index contributed by atoms with van der Waals surface area (Å²) in [6, 6.07) is 7.38. The van der Waals surface area contributed by atoms with Crippen LogP contribution in [0.5, 0.6) is 0 Å². The first kappa shape index (κ1) is 31.8. The van der Waals surface area contributed by atoms with E-state index in [1.165, 1.54) is 11.8 Å². The van der Waals surface area contributed by atoms with Gasteiger partial charge in [-0.2, -0.15) is 0 Å². The van der Waals surface area contributed by atoms with Crippen molar-refractivity contribution >= 4 is 53.1 Å². The number of carbonyl (C=O) groups excluding carboxylic acids is 1. The number of piperidine rings is 1. The van der Waals surface area contributed by atoms with Crippen molar-refractivity contribution in [3.8, 4) is 11.1 Å². The number of carbonyl (C=O) groups is 1. The molecule has 2 aliphatic rings. The number of benzene rings is 1. The largest absolute Gasteiger partial charge is 0.494 e. The molecule has 1 amide bonds. The average molecular weight is 627 g/mol. The summed E-state index contributed by atoms with van der Waals surface area (Å²) in [5.41, 5.74) is 0.810. The number of ether oxygens (including phenoxy) is 1. The standard InChI is InChI=1S/C31H40BClN4O5S/c1-29(2,3)40-28(39)36-13-11-19(12-14-36)18-37-25-20(17-34-27(35-25)43-8)15-23(26(37)38)22-10-9-21(16-24(22)33)32-41-30(4,5)31(6,7)42-32/h9-10,15-17,19H,11-14,18H2,1-8H3. The smallest absolute Gasteiger partial charge is 0.444 e. The number of hydrogen-bond donors (Lipinski definition) is 0. The van der Waals surface area contributed by atoms with E-state index in [1.54, 1.807) is 15.7 Å². The fourth-order valence-electron chi connectivity index (χ4n) is 5.36. The number of nitrogens with zero attached hydrogens (tertiary/aromatic N) is 4. The highest BCUT2D eigenvalue weighted by molar-refractivity contribution is 7.98. The summed E-state index contributed by atoms with van der Waals surface area (Å²) in [5.74, 6) is 0.184. The Morgan fingerprint density at radius 1 is 1.12 bits per heavy atom. The number of halogens is 1. The number of thioether (sulfide) groups is 1. The molecule has 2 saturated heterocycles. The van der Waals surface area contributed by atoms with Gasteiger partial charge in [0.15, 0.2) is 5.16 Å². The maximum atomic E-state index is 14.2. The molecule has 9 nitrogen and oxygen atoms in total. The molecule has 2 aromatic heterocycles. The summed E-state index contributed by atoms with van der Waals surface area (Å²) in [6.07, 6.45) is 4.87. The Hall–Kier alpha value is -2.60. The highest BCUT2D eigenvalue weighted by Gasteiger charge is 2.51. The Labute approximate surface area is 262 Å². The van der Waals surface area contributed by atoms with Gasteiger partial charge in [0.1, 0.15) is 11.2 Å². The van der Waals surface area contributed by atoms with Crippen LogP contribution in [0.3, 0.4) is 0 Å². The SMILES string of the molecule is CSc1ncc2cc(-c3ccc(B4OC(C)(C)C(C)(C)O4)cc3Cl)c(=O)n(CC3CCN(C(=O)OC(C)(C)C)CC3)c2n1. The molecular weight excluding hydrogens is 587 g/mol. The summed E-state index contributed by atoms with van der Waals surface area (Å²) >= 11 is 8.28. The number of amides is 1. The summed E-state index contributed by atoms with van der Waals surface area (Å²) in [7, 11) is -0.560. The van der Waals surface area contributed by atoms with E-state index in [1.807, 2.05) is 79.0 Å². The molecule has 0 spiro atoms. The molecule has 43 heavy (non-hydrogen) atoms. The number of hydrogen-bond acceptors (Lipinski definition) is 8. The molecule has 1 aromatic carbocycles. The van der Waals surface area contributed by atoms with E-state index < -0.39 is 23.9 Å². The van der Waals surface area contributed by atoms with E-state index in [9.17, 15) is 9.59 Å². The molecule has 0 N–H and O–H groups in total. The molecule has 12 heteroatoms. The van der Waals surface area contributed by atoms with Crippen LogP contribution in [0.25, 0.3) is 22.2 Å². The number of aromatic nitrogens is 3. The van der Waals surface area contributed by atoms with Gasteiger partial charge >= 0.3 is 13.2 Å². The first-order valence-corrected chi connectivity index (χ1v) is 16.3. The predicted octanol–water partition coefficient (Wildman–Crippen LogP) is 5.78. The Morgan fingerprint density at radius 3 is 2.35 bits per heavy atom. The second kappa shape index (κ2) is 11.7. The fourth-order valence-corrected chi connectivity index (χ4v) is 5.99. The first-order valence-electron chi connectivity index (χ1n) is 14.7. The predicted molar refractivity (Wildman–Crippen MR) is 172 cm³/mol. The van der Waals surface area contributed by atoms with E-state index in [4.69, 9.17) is 30.6 Å².